The van der Waals surface area contributed by atoms with Crippen molar-refractivity contribution in [1.29, 1.82) is 0 Å². The number of hydrogen-bond donors (Lipinski definition) is 3. The predicted octanol–water partition coefficient (Wildman–Crippen LogP) is 4.48. The summed E-state index contributed by atoms with van der Waals surface area (Å²) in [7, 11) is 0. The van der Waals surface area contributed by atoms with Gasteiger partial charge in [0.15, 0.2) is 0 Å². The van der Waals surface area contributed by atoms with E-state index < -0.39 is 40.9 Å². The number of hydrazine groups is 1. The Balaban J connectivity index is 0.000000842. The van der Waals surface area contributed by atoms with Crippen LogP contribution in [0.3, 0.4) is 0 Å². The molecule has 0 aliphatic heterocycles. The van der Waals surface area contributed by atoms with Gasteiger partial charge in [0.05, 0.1) is 11.3 Å². The second-order valence-electron chi connectivity index (χ2n) is 8.15. The predicted molar refractivity (Wildman–Crippen MR) is 107 cm³/mol. The molecule has 0 bridgehead atoms. The van der Waals surface area contributed by atoms with Gasteiger partial charge in [-0.1, -0.05) is 6.07 Å². The van der Waals surface area contributed by atoms with Gasteiger partial charge in [-0.3, -0.25) is 5.43 Å². The first kappa shape index (κ1) is 28.1. The maximum absolute atomic E-state index is 13.4. The lowest BCUT2D eigenvalue weighted by Crippen LogP contribution is -2.36. The summed E-state index contributed by atoms with van der Waals surface area (Å²) in [4.78, 5) is 21.8. The maximum atomic E-state index is 13.4. The average molecular weight is 452 g/mol. The number of nitrogens with two attached hydrogens (primary N) is 1. The lowest BCUT2D eigenvalue weighted by atomic mass is 10.1. The lowest BCUT2D eigenvalue weighted by molar-refractivity contribution is -0.140. The van der Waals surface area contributed by atoms with Crippen molar-refractivity contribution in [1.82, 2.24) is 10.9 Å². The van der Waals surface area contributed by atoms with Crippen molar-refractivity contribution >= 4 is 17.9 Å². The van der Waals surface area contributed by atoms with E-state index in [1.165, 1.54) is 6.92 Å². The van der Waals surface area contributed by atoms with Gasteiger partial charge in [-0.25, -0.2) is 25.2 Å². The van der Waals surface area contributed by atoms with Gasteiger partial charge in [-0.05, 0) is 60.6 Å². The molecule has 0 unspecified atom stereocenters. The highest BCUT2D eigenvalue weighted by atomic mass is 19.4. The molecule has 0 spiro atoms. The van der Waals surface area contributed by atoms with Gasteiger partial charge in [-0.15, -0.1) is 0 Å². The molecule has 0 saturated carbocycles. The summed E-state index contributed by atoms with van der Waals surface area (Å²) in [5.74, 6) is 3.35. The van der Waals surface area contributed by atoms with E-state index in [1.54, 1.807) is 41.5 Å². The number of rotatable bonds is 2. The van der Waals surface area contributed by atoms with Crippen LogP contribution in [0.15, 0.2) is 23.3 Å². The fourth-order valence-electron chi connectivity index (χ4n) is 1.77. The molecule has 1 rings (SSSR count). The molecule has 12 heteroatoms. The van der Waals surface area contributed by atoms with E-state index in [2.05, 4.69) is 10.5 Å². The van der Waals surface area contributed by atoms with Crippen molar-refractivity contribution in [3.8, 4) is 0 Å². The summed E-state index contributed by atoms with van der Waals surface area (Å²) in [5.41, 5.74) is 1.65. The molecule has 0 aliphatic carbocycles. The minimum atomic E-state index is -4.76. The van der Waals surface area contributed by atoms with Crippen LogP contribution in [-0.2, 0) is 15.7 Å². The molecule has 0 heterocycles. The Morgan fingerprint density at radius 2 is 1.45 bits per heavy atom. The zero-order valence-corrected chi connectivity index (χ0v) is 18.4. The minimum Gasteiger partial charge on any atom is -0.443 e. The second-order valence-corrected chi connectivity index (χ2v) is 8.15. The number of carbonyl (C=O) groups excluding carboxylic acids is 2. The van der Waals surface area contributed by atoms with Crippen LogP contribution >= 0.6 is 0 Å². The Kier molecular flexibility index (Phi) is 9.92. The van der Waals surface area contributed by atoms with Crippen LogP contribution in [0.1, 0.15) is 59.6 Å². The second kappa shape index (κ2) is 10.9. The highest BCUT2D eigenvalue weighted by molar-refractivity contribution is 5.99. The van der Waals surface area contributed by atoms with Crippen molar-refractivity contribution in [3.63, 3.8) is 0 Å². The Hall–Kier alpha value is -2.89. The van der Waals surface area contributed by atoms with Crippen LogP contribution in [0.5, 0.6) is 0 Å². The number of benzene rings is 1. The van der Waals surface area contributed by atoms with E-state index in [0.29, 0.717) is 12.1 Å². The molecule has 0 aromatic heterocycles. The van der Waals surface area contributed by atoms with Gasteiger partial charge in [0, 0.05) is 5.56 Å². The highest BCUT2D eigenvalue weighted by Crippen LogP contribution is 2.31. The molecule has 1 aromatic carbocycles. The summed E-state index contributed by atoms with van der Waals surface area (Å²) >= 11 is 0. The number of nitrogens with zero attached hydrogens (tertiary/aromatic N) is 1. The first-order valence-corrected chi connectivity index (χ1v) is 8.95. The van der Waals surface area contributed by atoms with Crippen LogP contribution in [0.2, 0.25) is 0 Å². The van der Waals surface area contributed by atoms with Crippen LogP contribution < -0.4 is 16.7 Å². The molecule has 0 saturated heterocycles. The Bertz CT molecular complexity index is 798. The summed E-state index contributed by atoms with van der Waals surface area (Å²) < 4.78 is 60.4. The zero-order chi connectivity index (χ0) is 24.6. The summed E-state index contributed by atoms with van der Waals surface area (Å²) in [6, 6.07) is 2.40. The van der Waals surface area contributed by atoms with Gasteiger partial charge in [-0.2, -0.15) is 18.3 Å². The topological polar surface area (TPSA) is 115 Å². The standard InChI is InChI=1S/C14H16F4N2O2.C5H12N2O2/c1-8(19-20-12(21)22-13(2,3)4)9-5-6-10(11(15)7-9)14(16,17)18;1-5(2,3)9-4(8)7-6/h5-7H,1-4H3,(H,20,21);6H2,1-3H3,(H,7,8). The van der Waals surface area contributed by atoms with Gasteiger partial charge in [0.1, 0.15) is 17.0 Å². The average Bonchev–Trinajstić information content (AvgIpc) is 2.56. The number of halogens is 4. The first-order chi connectivity index (χ1) is 13.9. The highest BCUT2D eigenvalue weighted by Gasteiger charge is 2.34. The SMILES string of the molecule is CC(=NNC(=O)OC(C)(C)C)c1ccc(C(F)(F)F)c(F)c1.CC(C)(C)OC(=O)NN. The number of amides is 2. The van der Waals surface area contributed by atoms with Crippen molar-refractivity contribution < 1.29 is 36.6 Å². The summed E-state index contributed by atoms with van der Waals surface area (Å²) in [5, 5.41) is 3.66. The molecule has 176 valence electrons. The quantitative estimate of drug-likeness (QED) is 0.201. The van der Waals surface area contributed by atoms with Gasteiger partial charge in [0.2, 0.25) is 0 Å². The third-order valence-electron chi connectivity index (χ3n) is 2.92. The van der Waals surface area contributed by atoms with Crippen molar-refractivity contribution in [3.05, 3.63) is 35.1 Å². The molecular formula is C19H28F4N4O4. The molecule has 8 nitrogen and oxygen atoms in total. The van der Waals surface area contributed by atoms with Crippen LogP contribution in [0.25, 0.3) is 0 Å². The third-order valence-corrected chi connectivity index (χ3v) is 2.92. The van der Waals surface area contributed by atoms with E-state index >= 15 is 0 Å². The fraction of sp³-hybridized carbons (Fsp3) is 0.526. The number of nitrogens with one attached hydrogen (secondary N) is 2. The van der Waals surface area contributed by atoms with E-state index in [1.807, 2.05) is 5.43 Å². The Morgan fingerprint density at radius 1 is 0.968 bits per heavy atom. The Labute approximate surface area is 178 Å². The fourth-order valence-corrected chi connectivity index (χ4v) is 1.77. The molecule has 0 atom stereocenters. The number of carbonyl (C=O) groups is 2. The van der Waals surface area contributed by atoms with E-state index in [4.69, 9.17) is 15.3 Å². The molecule has 0 radical (unpaired) electrons. The van der Waals surface area contributed by atoms with Gasteiger partial charge >= 0.3 is 18.4 Å². The number of ether oxygens (including phenoxy) is 2. The zero-order valence-electron chi connectivity index (χ0n) is 18.4. The van der Waals surface area contributed by atoms with E-state index in [0.717, 1.165) is 6.07 Å². The smallest absolute Gasteiger partial charge is 0.428 e. The van der Waals surface area contributed by atoms with Gasteiger partial charge < -0.3 is 9.47 Å². The first-order valence-electron chi connectivity index (χ1n) is 8.95. The van der Waals surface area contributed by atoms with Crippen LogP contribution in [0, 0.1) is 5.82 Å². The molecule has 0 fully saturated rings. The van der Waals surface area contributed by atoms with E-state index in [9.17, 15) is 27.2 Å². The molecule has 1 aromatic rings. The monoisotopic (exact) mass is 452 g/mol. The van der Waals surface area contributed by atoms with Crippen LogP contribution in [0.4, 0.5) is 27.2 Å². The molecule has 0 aliphatic rings. The molecule has 4 N–H and O–H groups in total. The molecular weight excluding hydrogens is 424 g/mol. The number of hydrazone groups is 1. The molecule has 31 heavy (non-hydrogen) atoms. The lowest BCUT2D eigenvalue weighted by Gasteiger charge is -2.18. The van der Waals surface area contributed by atoms with Gasteiger partial charge in [0.25, 0.3) is 0 Å². The Morgan fingerprint density at radius 3 is 1.81 bits per heavy atom. The molecule has 2 amide bonds. The third kappa shape index (κ3) is 12.4. The van der Waals surface area contributed by atoms with Crippen LogP contribution in [-0.4, -0.2) is 29.1 Å². The van der Waals surface area contributed by atoms with Crippen molar-refractivity contribution in [2.24, 2.45) is 10.9 Å². The number of alkyl halides is 3. The largest absolute Gasteiger partial charge is 0.443 e. The maximum Gasteiger partial charge on any atom is 0.428 e. The summed E-state index contributed by atoms with van der Waals surface area (Å²) in [6.45, 7) is 11.7. The van der Waals surface area contributed by atoms with Crippen molar-refractivity contribution in [2.75, 3.05) is 0 Å². The normalized spacial score (nSPS) is 12.3. The van der Waals surface area contributed by atoms with E-state index in [-0.39, 0.29) is 11.3 Å². The number of hydrogen-bond acceptors (Lipinski definition) is 6. The van der Waals surface area contributed by atoms with Crippen molar-refractivity contribution in [2.45, 2.75) is 65.8 Å². The minimum absolute atomic E-state index is 0.113. The summed E-state index contributed by atoms with van der Waals surface area (Å²) in [6.07, 6.45) is -6.19.